The molecule has 0 unspecified atom stereocenters. The standard InChI is InChI=1S/C13H21F2NO8S2/c1-9(2)11(17)23-6-5-16-12(18)24-8-13(14,15)7-10(25(3,19)20)26(4,21)22/h10H,1,5-8H2,2-4H3,(H,16,18). The van der Waals surface area contributed by atoms with Crippen molar-refractivity contribution in [3.8, 4) is 0 Å². The predicted octanol–water partition coefficient (Wildman–Crippen LogP) is 0.273. The first-order valence-electron chi connectivity index (χ1n) is 7.05. The van der Waals surface area contributed by atoms with Crippen LogP contribution in [0.3, 0.4) is 0 Å². The monoisotopic (exact) mass is 421 g/mol. The summed E-state index contributed by atoms with van der Waals surface area (Å²) in [6.45, 7) is 2.74. The molecule has 1 amide bonds. The molecule has 0 spiro atoms. The van der Waals surface area contributed by atoms with Crippen LogP contribution in [0.4, 0.5) is 13.6 Å². The molecule has 9 nitrogen and oxygen atoms in total. The van der Waals surface area contributed by atoms with Gasteiger partial charge >= 0.3 is 12.1 Å². The number of halogens is 2. The lowest BCUT2D eigenvalue weighted by molar-refractivity contribution is -0.138. The van der Waals surface area contributed by atoms with Gasteiger partial charge in [-0.1, -0.05) is 6.58 Å². The molecule has 0 aliphatic carbocycles. The number of carbonyl (C=O) groups is 2. The number of hydrogen-bond donors (Lipinski definition) is 1. The molecule has 1 N–H and O–H groups in total. The number of hydrogen-bond acceptors (Lipinski definition) is 8. The van der Waals surface area contributed by atoms with Crippen molar-refractivity contribution in [1.82, 2.24) is 5.32 Å². The van der Waals surface area contributed by atoms with E-state index in [4.69, 9.17) is 0 Å². The average Bonchev–Trinajstić information content (AvgIpc) is 2.44. The van der Waals surface area contributed by atoms with Crippen molar-refractivity contribution in [3.05, 3.63) is 12.2 Å². The summed E-state index contributed by atoms with van der Waals surface area (Å²) in [4.78, 5) is 22.3. The Morgan fingerprint density at radius 1 is 1.12 bits per heavy atom. The van der Waals surface area contributed by atoms with E-state index in [1.807, 2.05) is 5.32 Å². The number of ether oxygens (including phenoxy) is 2. The zero-order chi connectivity index (χ0) is 20.8. The second-order valence-corrected chi connectivity index (χ2v) is 10.3. The molecule has 0 saturated heterocycles. The van der Waals surface area contributed by atoms with Gasteiger partial charge in [0.25, 0.3) is 5.92 Å². The lowest BCUT2D eigenvalue weighted by Crippen LogP contribution is -2.39. The van der Waals surface area contributed by atoms with E-state index in [1.165, 1.54) is 6.92 Å². The molecule has 13 heteroatoms. The van der Waals surface area contributed by atoms with Crippen LogP contribution in [0.2, 0.25) is 0 Å². The van der Waals surface area contributed by atoms with Crippen molar-refractivity contribution >= 4 is 31.7 Å². The minimum Gasteiger partial charge on any atom is -0.460 e. The number of amides is 1. The number of carbonyl (C=O) groups excluding carboxylic acids is 2. The van der Waals surface area contributed by atoms with E-state index < -0.39 is 55.3 Å². The molecule has 0 aliphatic heterocycles. The van der Waals surface area contributed by atoms with Crippen LogP contribution in [0.5, 0.6) is 0 Å². The number of esters is 1. The maximum Gasteiger partial charge on any atom is 0.407 e. The molecule has 0 aromatic carbocycles. The van der Waals surface area contributed by atoms with E-state index in [0.29, 0.717) is 12.5 Å². The first-order valence-corrected chi connectivity index (χ1v) is 11.0. The predicted molar refractivity (Wildman–Crippen MR) is 88.2 cm³/mol. The van der Waals surface area contributed by atoms with Gasteiger partial charge in [0.15, 0.2) is 30.9 Å². The van der Waals surface area contributed by atoms with Crippen LogP contribution in [-0.2, 0) is 33.9 Å². The smallest absolute Gasteiger partial charge is 0.407 e. The van der Waals surface area contributed by atoms with Gasteiger partial charge in [-0.15, -0.1) is 0 Å². The van der Waals surface area contributed by atoms with Crippen molar-refractivity contribution in [1.29, 1.82) is 0 Å². The van der Waals surface area contributed by atoms with E-state index >= 15 is 0 Å². The molecule has 152 valence electrons. The molecule has 0 fully saturated rings. The fourth-order valence-electron chi connectivity index (χ4n) is 1.57. The second kappa shape index (κ2) is 9.26. The van der Waals surface area contributed by atoms with Gasteiger partial charge in [-0.3, -0.25) is 0 Å². The van der Waals surface area contributed by atoms with E-state index in [1.54, 1.807) is 0 Å². The van der Waals surface area contributed by atoms with Crippen LogP contribution in [0.25, 0.3) is 0 Å². The molecule has 0 heterocycles. The van der Waals surface area contributed by atoms with Gasteiger partial charge in [-0.2, -0.15) is 0 Å². The van der Waals surface area contributed by atoms with Crippen molar-refractivity contribution in [2.75, 3.05) is 32.3 Å². The maximum absolute atomic E-state index is 13.8. The second-order valence-electron chi connectivity index (χ2n) is 5.57. The summed E-state index contributed by atoms with van der Waals surface area (Å²) in [6, 6.07) is 0. The largest absolute Gasteiger partial charge is 0.460 e. The summed E-state index contributed by atoms with van der Waals surface area (Å²) in [5.74, 6) is -4.58. The fourth-order valence-corrected chi connectivity index (χ4v) is 5.20. The van der Waals surface area contributed by atoms with Gasteiger partial charge in [0.2, 0.25) is 0 Å². The SMILES string of the molecule is C=C(C)C(=O)OCCNC(=O)OCC(F)(F)CC(S(C)(=O)=O)S(C)(=O)=O. The first-order chi connectivity index (χ1) is 11.6. The summed E-state index contributed by atoms with van der Waals surface area (Å²) in [7, 11) is -8.61. The van der Waals surface area contributed by atoms with Crippen LogP contribution >= 0.6 is 0 Å². The molecule has 0 bridgehead atoms. The summed E-state index contributed by atoms with van der Waals surface area (Å²) < 4.78 is 79.6. The lowest BCUT2D eigenvalue weighted by atomic mass is 10.3. The van der Waals surface area contributed by atoms with Crippen LogP contribution in [0, 0.1) is 0 Å². The summed E-state index contributed by atoms with van der Waals surface area (Å²) in [5.41, 5.74) is 0.138. The van der Waals surface area contributed by atoms with E-state index in [-0.39, 0.29) is 18.7 Å². The highest BCUT2D eigenvalue weighted by molar-refractivity contribution is 8.08. The highest BCUT2D eigenvalue weighted by atomic mass is 32.3. The third-order valence-corrected chi connectivity index (χ3v) is 7.13. The van der Waals surface area contributed by atoms with Gasteiger partial charge in [0.1, 0.15) is 6.61 Å². The number of nitrogens with one attached hydrogen (secondary N) is 1. The summed E-state index contributed by atoms with van der Waals surface area (Å²) >= 11 is 0. The minimum atomic E-state index is -4.31. The Kier molecular flexibility index (Phi) is 8.63. The van der Waals surface area contributed by atoms with Gasteiger partial charge in [0, 0.05) is 24.5 Å². The Bertz CT molecular complexity index is 714. The normalized spacial score (nSPS) is 12.5. The van der Waals surface area contributed by atoms with Gasteiger partial charge in [-0.05, 0) is 6.92 Å². The minimum absolute atomic E-state index is 0.138. The molecule has 26 heavy (non-hydrogen) atoms. The molecular formula is C13H21F2NO8S2. The van der Waals surface area contributed by atoms with E-state index in [2.05, 4.69) is 16.1 Å². The quantitative estimate of drug-likeness (QED) is 0.302. The van der Waals surface area contributed by atoms with E-state index in [9.17, 15) is 35.2 Å². The molecule has 0 atom stereocenters. The third-order valence-electron chi connectivity index (χ3n) is 2.79. The van der Waals surface area contributed by atoms with Gasteiger partial charge < -0.3 is 14.8 Å². The van der Waals surface area contributed by atoms with E-state index in [0.717, 1.165) is 0 Å². The Morgan fingerprint density at radius 3 is 2.04 bits per heavy atom. The van der Waals surface area contributed by atoms with Crippen molar-refractivity contribution < 1.29 is 44.7 Å². The number of alkyl carbamates (subject to hydrolysis) is 1. The Morgan fingerprint density at radius 2 is 1.62 bits per heavy atom. The first kappa shape index (κ1) is 24.2. The highest BCUT2D eigenvalue weighted by Crippen LogP contribution is 2.26. The molecule has 0 aromatic rings. The molecule has 0 saturated carbocycles. The average molecular weight is 421 g/mol. The summed E-state index contributed by atoms with van der Waals surface area (Å²) in [5, 5.41) is 2.03. The fraction of sp³-hybridized carbons (Fsp3) is 0.692. The number of alkyl halides is 2. The topological polar surface area (TPSA) is 133 Å². The van der Waals surface area contributed by atoms with Crippen molar-refractivity contribution in [2.45, 2.75) is 23.8 Å². The Hall–Kier alpha value is -1.76. The van der Waals surface area contributed by atoms with Gasteiger partial charge in [0.05, 0.1) is 6.54 Å². The van der Waals surface area contributed by atoms with Crippen LogP contribution in [-0.4, -0.2) is 71.7 Å². The third kappa shape index (κ3) is 9.65. The molecule has 0 radical (unpaired) electrons. The number of rotatable bonds is 10. The summed E-state index contributed by atoms with van der Waals surface area (Å²) in [6.07, 6.45) is -1.77. The molecular weight excluding hydrogens is 400 g/mol. The van der Waals surface area contributed by atoms with Crippen molar-refractivity contribution in [2.24, 2.45) is 0 Å². The van der Waals surface area contributed by atoms with Crippen LogP contribution < -0.4 is 5.32 Å². The Balaban J connectivity index is 4.52. The zero-order valence-electron chi connectivity index (χ0n) is 14.5. The molecule has 0 aliphatic rings. The zero-order valence-corrected chi connectivity index (χ0v) is 16.1. The van der Waals surface area contributed by atoms with Gasteiger partial charge in [-0.25, -0.2) is 35.2 Å². The number of sulfone groups is 2. The van der Waals surface area contributed by atoms with Crippen LogP contribution in [0.1, 0.15) is 13.3 Å². The highest BCUT2D eigenvalue weighted by Gasteiger charge is 2.43. The molecule has 0 rings (SSSR count). The van der Waals surface area contributed by atoms with Crippen molar-refractivity contribution in [3.63, 3.8) is 0 Å². The molecule has 0 aromatic heterocycles. The maximum atomic E-state index is 13.8. The van der Waals surface area contributed by atoms with Crippen LogP contribution in [0.15, 0.2) is 12.2 Å². The Labute approximate surface area is 150 Å². The lowest BCUT2D eigenvalue weighted by Gasteiger charge is -2.21.